The van der Waals surface area contributed by atoms with Gasteiger partial charge in [-0.2, -0.15) is 0 Å². The van der Waals surface area contributed by atoms with Crippen LogP contribution in [0.25, 0.3) is 0 Å². The van der Waals surface area contributed by atoms with Crippen molar-refractivity contribution in [1.82, 2.24) is 0 Å². The quantitative estimate of drug-likeness (QED) is 0.303. The maximum absolute atomic E-state index is 5.79. The molecule has 1 aromatic carbocycles. The Balaban J connectivity index is 3.03. The summed E-state index contributed by atoms with van der Waals surface area (Å²) in [6.45, 7) is 2.59. The SMILES string of the molecule is C#CCN(I)c1cc(N)ccc1C/C=C\C. The number of anilines is 2. The maximum atomic E-state index is 5.79. The average molecular weight is 326 g/mol. The normalized spacial score (nSPS) is 10.3. The first kappa shape index (κ1) is 12.9. The molecule has 0 unspecified atom stereocenters. The minimum Gasteiger partial charge on any atom is -0.399 e. The first-order chi connectivity index (χ1) is 7.69. The molecule has 2 N–H and O–H groups in total. The van der Waals surface area contributed by atoms with Gasteiger partial charge < -0.3 is 8.85 Å². The number of benzene rings is 1. The summed E-state index contributed by atoms with van der Waals surface area (Å²) in [7, 11) is 0. The van der Waals surface area contributed by atoms with Gasteiger partial charge in [-0.15, -0.1) is 6.42 Å². The Bertz CT molecular complexity index is 418. The van der Waals surface area contributed by atoms with Crippen molar-refractivity contribution in [2.24, 2.45) is 0 Å². The van der Waals surface area contributed by atoms with Gasteiger partial charge in [-0.05, 0) is 31.0 Å². The Morgan fingerprint density at radius 3 is 2.94 bits per heavy atom. The molecule has 0 aliphatic rings. The molecule has 1 rings (SSSR count). The lowest BCUT2D eigenvalue weighted by molar-refractivity contribution is 1.20. The van der Waals surface area contributed by atoms with Crippen molar-refractivity contribution >= 4 is 34.2 Å². The molecule has 1 aromatic rings. The van der Waals surface area contributed by atoms with Crippen molar-refractivity contribution in [2.45, 2.75) is 13.3 Å². The molecule has 0 atom stereocenters. The van der Waals surface area contributed by atoms with E-state index in [1.807, 2.05) is 34.3 Å². The predicted molar refractivity (Wildman–Crippen MR) is 79.6 cm³/mol. The van der Waals surface area contributed by atoms with Gasteiger partial charge in [0.25, 0.3) is 0 Å². The zero-order chi connectivity index (χ0) is 12.0. The van der Waals surface area contributed by atoms with Crippen LogP contribution < -0.4 is 8.85 Å². The first-order valence-electron chi connectivity index (χ1n) is 5.05. The Morgan fingerprint density at radius 1 is 1.56 bits per heavy atom. The summed E-state index contributed by atoms with van der Waals surface area (Å²) in [6.07, 6.45) is 10.4. The zero-order valence-corrected chi connectivity index (χ0v) is 11.4. The van der Waals surface area contributed by atoms with Gasteiger partial charge in [-0.25, -0.2) is 0 Å². The van der Waals surface area contributed by atoms with Crippen LogP contribution in [0.15, 0.2) is 30.4 Å². The lowest BCUT2D eigenvalue weighted by atomic mass is 10.1. The van der Waals surface area contributed by atoms with Crippen LogP contribution in [0.1, 0.15) is 12.5 Å². The monoisotopic (exact) mass is 326 g/mol. The van der Waals surface area contributed by atoms with Crippen LogP contribution in [0.2, 0.25) is 0 Å². The second-order valence-corrected chi connectivity index (χ2v) is 4.55. The first-order valence-corrected chi connectivity index (χ1v) is 6.02. The lowest BCUT2D eigenvalue weighted by Gasteiger charge is -2.17. The Morgan fingerprint density at radius 2 is 2.31 bits per heavy atom. The molecule has 0 heterocycles. The number of terminal acetylenes is 1. The van der Waals surface area contributed by atoms with Crippen molar-refractivity contribution in [1.29, 1.82) is 0 Å². The molecular formula is C13H15IN2. The summed E-state index contributed by atoms with van der Waals surface area (Å²) in [5.74, 6) is 2.63. The van der Waals surface area contributed by atoms with E-state index in [2.05, 4.69) is 34.9 Å². The van der Waals surface area contributed by atoms with Crippen LogP contribution in [-0.2, 0) is 6.42 Å². The number of halogens is 1. The van der Waals surface area contributed by atoms with Gasteiger partial charge in [0.2, 0.25) is 0 Å². The van der Waals surface area contributed by atoms with E-state index in [4.69, 9.17) is 12.2 Å². The van der Waals surface area contributed by atoms with E-state index in [9.17, 15) is 0 Å². The van der Waals surface area contributed by atoms with Gasteiger partial charge >= 0.3 is 0 Å². The van der Waals surface area contributed by atoms with E-state index < -0.39 is 0 Å². The molecule has 0 fully saturated rings. The molecule has 3 heteroatoms. The lowest BCUT2D eigenvalue weighted by Crippen LogP contribution is -2.11. The summed E-state index contributed by atoms with van der Waals surface area (Å²) in [6, 6.07) is 5.93. The standard InChI is InChI=1S/C13H15IN2/c1-3-5-6-11-7-8-12(15)10-13(11)16(14)9-4-2/h2-3,5,7-8,10H,6,9,15H2,1H3/b5-3-. The van der Waals surface area contributed by atoms with E-state index in [0.717, 1.165) is 17.8 Å². The van der Waals surface area contributed by atoms with Crippen LogP contribution in [0.4, 0.5) is 11.4 Å². The van der Waals surface area contributed by atoms with Gasteiger partial charge in [0.15, 0.2) is 0 Å². The minimum atomic E-state index is 0.576. The van der Waals surface area contributed by atoms with E-state index in [-0.39, 0.29) is 0 Å². The highest BCUT2D eigenvalue weighted by Gasteiger charge is 2.07. The number of nitrogens with zero attached hydrogens (tertiary/aromatic N) is 1. The molecule has 0 saturated heterocycles. The predicted octanol–water partition coefficient (Wildman–Crippen LogP) is 3.18. The molecule has 0 aliphatic heterocycles. The van der Waals surface area contributed by atoms with Crippen LogP contribution in [0.3, 0.4) is 0 Å². The van der Waals surface area contributed by atoms with Crippen molar-refractivity contribution in [3.8, 4) is 12.3 Å². The summed E-state index contributed by atoms with van der Waals surface area (Å²) in [5.41, 5.74) is 8.88. The Labute approximate surface area is 111 Å². The number of allylic oxidation sites excluding steroid dienone is 2. The van der Waals surface area contributed by atoms with Crippen molar-refractivity contribution < 1.29 is 0 Å². The molecule has 0 amide bonds. The van der Waals surface area contributed by atoms with E-state index >= 15 is 0 Å². The number of hydrogen-bond acceptors (Lipinski definition) is 2. The summed E-state index contributed by atoms with van der Waals surface area (Å²) >= 11 is 2.21. The number of nitrogen functional groups attached to an aromatic ring is 1. The summed E-state index contributed by atoms with van der Waals surface area (Å²) in [5, 5.41) is 0. The highest BCUT2D eigenvalue weighted by Crippen LogP contribution is 2.26. The van der Waals surface area contributed by atoms with E-state index in [1.54, 1.807) is 0 Å². The molecule has 16 heavy (non-hydrogen) atoms. The Hall–Kier alpha value is -1.15. The highest BCUT2D eigenvalue weighted by molar-refractivity contribution is 14.1. The highest BCUT2D eigenvalue weighted by atomic mass is 127. The fourth-order valence-electron chi connectivity index (χ4n) is 1.39. The number of hydrogen-bond donors (Lipinski definition) is 1. The van der Waals surface area contributed by atoms with Crippen LogP contribution in [-0.4, -0.2) is 6.54 Å². The van der Waals surface area contributed by atoms with E-state index in [0.29, 0.717) is 6.54 Å². The number of nitrogens with two attached hydrogens (primary N) is 1. The average Bonchev–Trinajstić information content (AvgIpc) is 2.27. The molecule has 0 radical (unpaired) electrons. The van der Waals surface area contributed by atoms with Gasteiger partial charge in [0, 0.05) is 5.69 Å². The molecule has 0 aromatic heterocycles. The van der Waals surface area contributed by atoms with Gasteiger partial charge in [0.05, 0.1) is 35.1 Å². The van der Waals surface area contributed by atoms with Crippen molar-refractivity contribution in [3.05, 3.63) is 35.9 Å². The summed E-state index contributed by atoms with van der Waals surface area (Å²) < 4.78 is 2.01. The minimum absolute atomic E-state index is 0.576. The maximum Gasteiger partial charge on any atom is 0.0887 e. The van der Waals surface area contributed by atoms with Crippen molar-refractivity contribution in [2.75, 3.05) is 15.4 Å². The molecule has 0 spiro atoms. The zero-order valence-electron chi connectivity index (χ0n) is 9.28. The molecular weight excluding hydrogens is 311 g/mol. The summed E-state index contributed by atoms with van der Waals surface area (Å²) in [4.78, 5) is 0. The van der Waals surface area contributed by atoms with Crippen LogP contribution >= 0.6 is 22.9 Å². The molecule has 0 saturated carbocycles. The van der Waals surface area contributed by atoms with Crippen LogP contribution in [0, 0.1) is 12.3 Å². The third kappa shape index (κ3) is 3.46. The van der Waals surface area contributed by atoms with Crippen molar-refractivity contribution in [3.63, 3.8) is 0 Å². The second kappa shape index (κ2) is 6.44. The fraction of sp³-hybridized carbons (Fsp3) is 0.231. The largest absolute Gasteiger partial charge is 0.399 e. The molecule has 0 bridgehead atoms. The fourth-order valence-corrected chi connectivity index (χ4v) is 2.04. The molecule has 84 valence electrons. The molecule has 0 aliphatic carbocycles. The topological polar surface area (TPSA) is 29.3 Å². The van der Waals surface area contributed by atoms with Gasteiger partial charge in [-0.1, -0.05) is 24.1 Å². The number of rotatable bonds is 4. The van der Waals surface area contributed by atoms with Gasteiger partial charge in [-0.3, -0.25) is 0 Å². The smallest absolute Gasteiger partial charge is 0.0887 e. The Kier molecular flexibility index (Phi) is 5.20. The molecule has 2 nitrogen and oxygen atoms in total. The third-order valence-electron chi connectivity index (χ3n) is 2.17. The van der Waals surface area contributed by atoms with E-state index in [1.165, 1.54) is 5.56 Å². The van der Waals surface area contributed by atoms with Crippen LogP contribution in [0.5, 0.6) is 0 Å². The second-order valence-electron chi connectivity index (χ2n) is 3.39. The third-order valence-corrected chi connectivity index (χ3v) is 3.04. The van der Waals surface area contributed by atoms with Gasteiger partial charge in [0.1, 0.15) is 0 Å².